The number of aliphatic hydroxyl groups is 1. The second-order valence-corrected chi connectivity index (χ2v) is 4.55. The fraction of sp³-hybridized carbons (Fsp3) is 0.154. The van der Waals surface area contributed by atoms with E-state index in [1.165, 1.54) is 18.2 Å². The molecule has 20 heavy (non-hydrogen) atoms. The molecule has 0 spiro atoms. The summed E-state index contributed by atoms with van der Waals surface area (Å²) < 4.78 is 16.9. The second-order valence-electron chi connectivity index (χ2n) is 3.79. The summed E-state index contributed by atoms with van der Waals surface area (Å²) in [5.41, 5.74) is 1.19. The lowest BCUT2D eigenvalue weighted by Gasteiger charge is -2.06. The maximum absolute atomic E-state index is 13.2. The van der Waals surface area contributed by atoms with Crippen molar-refractivity contribution in [2.24, 2.45) is 0 Å². The van der Waals surface area contributed by atoms with E-state index in [9.17, 15) is 9.18 Å². The van der Waals surface area contributed by atoms with Gasteiger partial charge in [0, 0.05) is 0 Å². The summed E-state index contributed by atoms with van der Waals surface area (Å²) in [5, 5.41) is 15.1. The van der Waals surface area contributed by atoms with Gasteiger partial charge in [0.15, 0.2) is 0 Å². The Bertz CT molecular complexity index is 703. The average molecular weight is 291 g/mol. The quantitative estimate of drug-likeness (QED) is 0.824. The highest BCUT2D eigenvalue weighted by Crippen LogP contribution is 2.18. The molecule has 7 heteroatoms. The predicted molar refractivity (Wildman–Crippen MR) is 73.0 cm³/mol. The molecule has 0 aliphatic heterocycles. The van der Waals surface area contributed by atoms with E-state index in [1.807, 2.05) is 0 Å². The number of carbonyl (C=O) groups excluding carboxylic acids is 1. The first-order valence-corrected chi connectivity index (χ1v) is 6.38. The Hall–Kier alpha value is -2.30. The van der Waals surface area contributed by atoms with Crippen molar-refractivity contribution in [1.82, 2.24) is 9.59 Å². The number of benzene rings is 1. The van der Waals surface area contributed by atoms with Gasteiger partial charge in [0.25, 0.3) is 5.91 Å². The zero-order valence-electron chi connectivity index (χ0n) is 10.5. The first kappa shape index (κ1) is 14.1. The summed E-state index contributed by atoms with van der Waals surface area (Å²) in [6.45, 7) is 1.33. The lowest BCUT2D eigenvalue weighted by Crippen LogP contribution is -2.12. The van der Waals surface area contributed by atoms with Gasteiger partial charge < -0.3 is 10.4 Å². The van der Waals surface area contributed by atoms with E-state index >= 15 is 0 Å². The van der Waals surface area contributed by atoms with Gasteiger partial charge in [0.1, 0.15) is 17.3 Å². The van der Waals surface area contributed by atoms with E-state index in [0.29, 0.717) is 21.8 Å². The van der Waals surface area contributed by atoms with E-state index in [4.69, 9.17) is 5.11 Å². The van der Waals surface area contributed by atoms with Crippen molar-refractivity contribution < 1.29 is 14.3 Å². The molecule has 0 atom stereocenters. The van der Waals surface area contributed by atoms with E-state index < -0.39 is 5.82 Å². The maximum Gasteiger partial charge on any atom is 0.269 e. The highest BCUT2D eigenvalue weighted by molar-refractivity contribution is 7.08. The van der Waals surface area contributed by atoms with Crippen LogP contribution >= 0.6 is 11.5 Å². The van der Waals surface area contributed by atoms with Crippen LogP contribution in [0.4, 0.5) is 10.1 Å². The minimum atomic E-state index is -0.471. The molecule has 0 aliphatic rings. The molecule has 1 aromatic heterocycles. The van der Waals surface area contributed by atoms with Gasteiger partial charge in [-0.2, -0.15) is 0 Å². The number of nitrogens with one attached hydrogen (secondary N) is 1. The van der Waals surface area contributed by atoms with Crippen LogP contribution in [0.2, 0.25) is 0 Å². The van der Waals surface area contributed by atoms with Crippen LogP contribution in [0.1, 0.15) is 20.9 Å². The van der Waals surface area contributed by atoms with Gasteiger partial charge in [-0.3, -0.25) is 4.79 Å². The van der Waals surface area contributed by atoms with Crippen LogP contribution in [-0.4, -0.2) is 27.2 Å². The van der Waals surface area contributed by atoms with E-state index in [1.54, 1.807) is 6.92 Å². The minimum Gasteiger partial charge on any atom is -0.384 e. The van der Waals surface area contributed by atoms with Crippen molar-refractivity contribution in [1.29, 1.82) is 0 Å². The van der Waals surface area contributed by atoms with Gasteiger partial charge in [-0.15, -0.1) is 5.10 Å². The molecule has 102 valence electrons. The summed E-state index contributed by atoms with van der Waals surface area (Å²) in [6.07, 6.45) is 0. The Morgan fingerprint density at radius 1 is 1.55 bits per heavy atom. The monoisotopic (exact) mass is 291 g/mol. The number of nitrogens with zero attached hydrogens (tertiary/aromatic N) is 2. The third kappa shape index (κ3) is 3.17. The number of carbonyl (C=O) groups is 1. The molecule has 0 saturated heterocycles. The number of halogens is 1. The molecule has 2 rings (SSSR count). The first-order valence-electron chi connectivity index (χ1n) is 5.61. The van der Waals surface area contributed by atoms with Gasteiger partial charge in [0.2, 0.25) is 0 Å². The van der Waals surface area contributed by atoms with Gasteiger partial charge in [-0.1, -0.05) is 16.3 Å². The molecule has 0 bridgehead atoms. The van der Waals surface area contributed by atoms with E-state index in [0.717, 1.165) is 11.5 Å². The van der Waals surface area contributed by atoms with Crippen molar-refractivity contribution in [3.05, 3.63) is 40.2 Å². The lowest BCUT2D eigenvalue weighted by molar-refractivity contribution is 0.102. The van der Waals surface area contributed by atoms with Gasteiger partial charge in [-0.25, -0.2) is 4.39 Å². The summed E-state index contributed by atoms with van der Waals surface area (Å²) in [4.78, 5) is 12.4. The minimum absolute atomic E-state index is 0.294. The number of hydrogen-bond donors (Lipinski definition) is 2. The van der Waals surface area contributed by atoms with Crippen molar-refractivity contribution in [3.8, 4) is 11.8 Å². The van der Waals surface area contributed by atoms with Crippen LogP contribution < -0.4 is 5.32 Å². The Labute approximate surface area is 118 Å². The second kappa shape index (κ2) is 6.23. The third-order valence-corrected chi connectivity index (χ3v) is 3.22. The zero-order valence-corrected chi connectivity index (χ0v) is 11.3. The molecular formula is C13H10FN3O2S. The smallest absolute Gasteiger partial charge is 0.269 e. The molecule has 1 aromatic carbocycles. The number of amides is 1. The normalized spacial score (nSPS) is 9.75. The molecule has 0 aliphatic carbocycles. The maximum atomic E-state index is 13.2. The van der Waals surface area contributed by atoms with E-state index in [-0.39, 0.29) is 12.5 Å². The third-order valence-electron chi connectivity index (χ3n) is 2.39. The number of aliphatic hydroxyl groups excluding tert-OH is 1. The number of rotatable bonds is 2. The highest BCUT2D eigenvalue weighted by atomic mass is 32.1. The number of anilines is 1. The molecule has 0 saturated carbocycles. The summed E-state index contributed by atoms with van der Waals surface area (Å²) in [6, 6.07) is 3.83. The van der Waals surface area contributed by atoms with Crippen LogP contribution in [0.5, 0.6) is 0 Å². The molecule has 0 fully saturated rings. The predicted octanol–water partition coefficient (Wildman–Crippen LogP) is 1.58. The van der Waals surface area contributed by atoms with Crippen molar-refractivity contribution >= 4 is 23.1 Å². The van der Waals surface area contributed by atoms with Crippen LogP contribution in [0.15, 0.2) is 18.2 Å². The highest BCUT2D eigenvalue weighted by Gasteiger charge is 2.14. The zero-order chi connectivity index (χ0) is 14.5. The largest absolute Gasteiger partial charge is 0.384 e. The molecule has 0 radical (unpaired) electrons. The SMILES string of the molecule is Cc1nnsc1C(=O)Nc1ccc(F)cc1C#CCO. The van der Waals surface area contributed by atoms with E-state index in [2.05, 4.69) is 26.7 Å². The van der Waals surface area contributed by atoms with Crippen molar-refractivity contribution in [2.75, 3.05) is 11.9 Å². The Kier molecular flexibility index (Phi) is 4.40. The Balaban J connectivity index is 2.29. The van der Waals surface area contributed by atoms with Crippen LogP contribution in [0.25, 0.3) is 0 Å². The van der Waals surface area contributed by atoms with Crippen molar-refractivity contribution in [3.63, 3.8) is 0 Å². The lowest BCUT2D eigenvalue weighted by atomic mass is 10.1. The molecule has 2 aromatic rings. The van der Waals surface area contributed by atoms with Crippen LogP contribution in [-0.2, 0) is 0 Å². The van der Waals surface area contributed by atoms with Gasteiger partial charge in [-0.05, 0) is 36.7 Å². The number of hydrogen-bond acceptors (Lipinski definition) is 5. The number of aryl methyl sites for hydroxylation is 1. The Morgan fingerprint density at radius 3 is 3.00 bits per heavy atom. The number of aromatic nitrogens is 2. The van der Waals surface area contributed by atoms with Crippen LogP contribution in [0.3, 0.4) is 0 Å². The first-order chi connectivity index (χ1) is 9.61. The summed E-state index contributed by atoms with van der Waals surface area (Å²) in [7, 11) is 0. The van der Waals surface area contributed by atoms with Gasteiger partial charge in [0.05, 0.1) is 16.9 Å². The average Bonchev–Trinajstić information content (AvgIpc) is 2.85. The van der Waals surface area contributed by atoms with Crippen LogP contribution in [0, 0.1) is 24.6 Å². The molecule has 0 unspecified atom stereocenters. The molecule has 5 nitrogen and oxygen atoms in total. The fourth-order valence-corrected chi connectivity index (χ4v) is 2.03. The summed E-state index contributed by atoms with van der Waals surface area (Å²) in [5.74, 6) is 4.15. The van der Waals surface area contributed by atoms with Crippen molar-refractivity contribution in [2.45, 2.75) is 6.92 Å². The molecule has 2 N–H and O–H groups in total. The fourth-order valence-electron chi connectivity index (χ4n) is 1.48. The molecule has 1 amide bonds. The van der Waals surface area contributed by atoms with Gasteiger partial charge >= 0.3 is 0 Å². The molecule has 1 heterocycles. The standard InChI is InChI=1S/C13H10FN3O2S/c1-8-12(20-17-16-8)13(19)15-11-5-4-10(14)7-9(11)3-2-6-18/h4-5,7,18H,6H2,1H3,(H,15,19). The topological polar surface area (TPSA) is 75.1 Å². The molecular weight excluding hydrogens is 281 g/mol. The Morgan fingerprint density at radius 2 is 2.35 bits per heavy atom. The summed E-state index contributed by atoms with van der Waals surface area (Å²) >= 11 is 0.981.